The molecule has 0 aromatic rings. The van der Waals surface area contributed by atoms with Crippen molar-refractivity contribution in [2.24, 2.45) is 10.4 Å². The molecule has 124 valence electrons. The van der Waals surface area contributed by atoms with Gasteiger partial charge in [-0.25, -0.2) is 0 Å². The molecule has 0 aromatic heterocycles. The van der Waals surface area contributed by atoms with Crippen LogP contribution in [0.2, 0.25) is 0 Å². The average Bonchev–Trinajstić information content (AvgIpc) is 2.45. The first-order valence-electron chi connectivity index (χ1n) is 7.74. The van der Waals surface area contributed by atoms with Crippen molar-refractivity contribution in [3.63, 3.8) is 0 Å². The maximum Gasteiger partial charge on any atom is 0.191 e. The van der Waals surface area contributed by atoms with Gasteiger partial charge in [0.25, 0.3) is 0 Å². The molecule has 6 heteroatoms. The van der Waals surface area contributed by atoms with Crippen molar-refractivity contribution in [1.82, 2.24) is 15.5 Å². The summed E-state index contributed by atoms with van der Waals surface area (Å²) < 4.78 is 10.9. The number of guanidine groups is 1. The number of hydrogen-bond acceptors (Lipinski definition) is 4. The molecule has 1 aliphatic rings. The number of morpholine rings is 1. The van der Waals surface area contributed by atoms with E-state index in [1.807, 2.05) is 0 Å². The molecule has 0 unspecified atom stereocenters. The first kappa shape index (κ1) is 18.2. The maximum atomic E-state index is 5.54. The molecule has 1 saturated heterocycles. The van der Waals surface area contributed by atoms with E-state index in [1.54, 1.807) is 14.2 Å². The van der Waals surface area contributed by atoms with Crippen molar-refractivity contribution in [3.8, 4) is 0 Å². The van der Waals surface area contributed by atoms with Gasteiger partial charge in [0.1, 0.15) is 0 Å². The predicted molar refractivity (Wildman–Crippen MR) is 86.9 cm³/mol. The zero-order valence-corrected chi connectivity index (χ0v) is 14.2. The Balaban J connectivity index is 2.25. The summed E-state index contributed by atoms with van der Waals surface area (Å²) in [5.41, 5.74) is 0.106. The Morgan fingerprint density at radius 3 is 2.48 bits per heavy atom. The molecule has 0 aliphatic carbocycles. The molecule has 21 heavy (non-hydrogen) atoms. The Morgan fingerprint density at radius 1 is 1.29 bits per heavy atom. The number of nitrogens with one attached hydrogen (secondary N) is 2. The minimum Gasteiger partial charge on any atom is -0.379 e. The van der Waals surface area contributed by atoms with E-state index in [2.05, 4.69) is 41.3 Å². The quantitative estimate of drug-likeness (QED) is 0.554. The summed E-state index contributed by atoms with van der Waals surface area (Å²) in [4.78, 5) is 6.65. The van der Waals surface area contributed by atoms with Gasteiger partial charge in [0.2, 0.25) is 0 Å². The topological polar surface area (TPSA) is 58.1 Å². The Kier molecular flexibility index (Phi) is 8.00. The fourth-order valence-corrected chi connectivity index (χ4v) is 2.31. The van der Waals surface area contributed by atoms with E-state index in [0.29, 0.717) is 0 Å². The Labute approximate surface area is 129 Å². The van der Waals surface area contributed by atoms with Crippen molar-refractivity contribution in [1.29, 1.82) is 0 Å². The van der Waals surface area contributed by atoms with Crippen LogP contribution in [0.3, 0.4) is 0 Å². The van der Waals surface area contributed by atoms with Gasteiger partial charge < -0.3 is 20.1 Å². The fraction of sp³-hybridized carbons (Fsp3) is 0.933. The normalized spacial score (nSPS) is 19.4. The van der Waals surface area contributed by atoms with Gasteiger partial charge in [-0.1, -0.05) is 20.8 Å². The number of rotatable bonds is 6. The monoisotopic (exact) mass is 300 g/mol. The van der Waals surface area contributed by atoms with E-state index >= 15 is 0 Å². The van der Waals surface area contributed by atoms with Gasteiger partial charge in [-0.15, -0.1) is 0 Å². The number of hydrogen-bond donors (Lipinski definition) is 2. The second kappa shape index (κ2) is 9.23. The van der Waals surface area contributed by atoms with Crippen molar-refractivity contribution in [2.75, 3.05) is 60.1 Å². The first-order valence-corrected chi connectivity index (χ1v) is 7.74. The van der Waals surface area contributed by atoms with Gasteiger partial charge in [-0.3, -0.25) is 9.89 Å². The van der Waals surface area contributed by atoms with Crippen molar-refractivity contribution in [2.45, 2.75) is 26.9 Å². The smallest absolute Gasteiger partial charge is 0.191 e. The number of aliphatic imine (C=N–C) groups is 1. The molecule has 0 radical (unpaired) electrons. The van der Waals surface area contributed by atoms with E-state index in [9.17, 15) is 0 Å². The third-order valence-corrected chi connectivity index (χ3v) is 3.75. The molecule has 2 N–H and O–H groups in total. The van der Waals surface area contributed by atoms with Crippen molar-refractivity contribution < 1.29 is 9.47 Å². The third kappa shape index (κ3) is 7.11. The summed E-state index contributed by atoms with van der Waals surface area (Å²) in [5, 5.41) is 6.68. The van der Waals surface area contributed by atoms with E-state index < -0.39 is 0 Å². The zero-order chi connectivity index (χ0) is 15.7. The van der Waals surface area contributed by atoms with Crippen LogP contribution in [0.5, 0.6) is 0 Å². The van der Waals surface area contributed by atoms with Crippen molar-refractivity contribution >= 4 is 5.96 Å². The lowest BCUT2D eigenvalue weighted by atomic mass is 9.89. The Morgan fingerprint density at radius 2 is 1.95 bits per heavy atom. The van der Waals surface area contributed by atoms with E-state index in [1.165, 1.54) is 0 Å². The molecule has 0 bridgehead atoms. The third-order valence-electron chi connectivity index (χ3n) is 3.75. The van der Waals surface area contributed by atoms with E-state index in [0.717, 1.165) is 51.9 Å². The molecular formula is C15H32N4O2. The van der Waals surface area contributed by atoms with Gasteiger partial charge in [-0.05, 0) is 5.41 Å². The summed E-state index contributed by atoms with van der Waals surface area (Å²) in [7, 11) is 3.55. The highest BCUT2D eigenvalue weighted by Gasteiger charge is 2.24. The van der Waals surface area contributed by atoms with E-state index in [-0.39, 0.29) is 11.5 Å². The summed E-state index contributed by atoms with van der Waals surface area (Å²) in [6, 6.07) is 0. The molecule has 1 rings (SSSR count). The second-order valence-corrected chi connectivity index (χ2v) is 6.42. The van der Waals surface area contributed by atoms with Gasteiger partial charge in [0.05, 0.1) is 19.3 Å². The van der Waals surface area contributed by atoms with Gasteiger partial charge in [0, 0.05) is 46.9 Å². The molecule has 1 fully saturated rings. The first-order chi connectivity index (χ1) is 9.97. The van der Waals surface area contributed by atoms with Crippen molar-refractivity contribution in [3.05, 3.63) is 0 Å². The number of ether oxygens (including phenoxy) is 2. The van der Waals surface area contributed by atoms with Crippen LogP contribution in [-0.2, 0) is 9.47 Å². The molecule has 0 spiro atoms. The standard InChI is InChI=1S/C15H32N4O2/c1-15(2,3)13(20-5)12-18-14(16-4)17-6-7-19-8-10-21-11-9-19/h13H,6-12H2,1-5H3,(H2,16,17,18)/t13-/m0/s1. The van der Waals surface area contributed by atoms with Crippen LogP contribution in [0.1, 0.15) is 20.8 Å². The highest BCUT2D eigenvalue weighted by molar-refractivity contribution is 5.79. The maximum absolute atomic E-state index is 5.54. The Bertz CT molecular complexity index is 309. The molecule has 1 heterocycles. The van der Waals surface area contributed by atoms with E-state index in [4.69, 9.17) is 9.47 Å². The number of nitrogens with zero attached hydrogens (tertiary/aromatic N) is 2. The van der Waals surface area contributed by atoms with Crippen LogP contribution in [0.25, 0.3) is 0 Å². The zero-order valence-electron chi connectivity index (χ0n) is 14.2. The summed E-state index contributed by atoms with van der Waals surface area (Å²) >= 11 is 0. The van der Waals surface area contributed by atoms with Crippen LogP contribution in [0.4, 0.5) is 0 Å². The Hall–Kier alpha value is -0.850. The van der Waals surface area contributed by atoms with Crippen LogP contribution >= 0.6 is 0 Å². The average molecular weight is 300 g/mol. The minimum atomic E-state index is 0.106. The highest BCUT2D eigenvalue weighted by Crippen LogP contribution is 2.20. The molecule has 6 nitrogen and oxygen atoms in total. The lowest BCUT2D eigenvalue weighted by Gasteiger charge is -2.30. The molecule has 0 aromatic carbocycles. The van der Waals surface area contributed by atoms with Crippen LogP contribution in [0.15, 0.2) is 4.99 Å². The van der Waals surface area contributed by atoms with Crippen LogP contribution < -0.4 is 10.6 Å². The summed E-state index contributed by atoms with van der Waals surface area (Å²) in [5.74, 6) is 0.828. The molecular weight excluding hydrogens is 268 g/mol. The lowest BCUT2D eigenvalue weighted by molar-refractivity contribution is 0.0205. The fourth-order valence-electron chi connectivity index (χ4n) is 2.31. The SMILES string of the molecule is CN=C(NCCN1CCOCC1)NC[C@H](OC)C(C)(C)C. The second-order valence-electron chi connectivity index (χ2n) is 6.42. The minimum absolute atomic E-state index is 0.106. The predicted octanol–water partition coefficient (Wildman–Crippen LogP) is 0.545. The molecule has 1 aliphatic heterocycles. The van der Waals surface area contributed by atoms with Gasteiger partial charge in [0.15, 0.2) is 5.96 Å². The molecule has 1 atom stereocenters. The summed E-state index contributed by atoms with van der Waals surface area (Å²) in [6.45, 7) is 12.9. The highest BCUT2D eigenvalue weighted by atomic mass is 16.5. The van der Waals surface area contributed by atoms with Gasteiger partial charge >= 0.3 is 0 Å². The van der Waals surface area contributed by atoms with Crippen LogP contribution in [-0.4, -0.2) is 77.1 Å². The van der Waals surface area contributed by atoms with Crippen LogP contribution in [0, 0.1) is 5.41 Å². The largest absolute Gasteiger partial charge is 0.379 e. The van der Waals surface area contributed by atoms with Gasteiger partial charge in [-0.2, -0.15) is 0 Å². The lowest BCUT2D eigenvalue weighted by Crippen LogP contribution is -2.47. The summed E-state index contributed by atoms with van der Waals surface area (Å²) in [6.07, 6.45) is 0.148. The number of methoxy groups -OCH3 is 1. The molecule has 0 amide bonds. The molecule has 0 saturated carbocycles.